The lowest BCUT2D eigenvalue weighted by Gasteiger charge is -2.14. The van der Waals surface area contributed by atoms with Crippen molar-refractivity contribution in [3.05, 3.63) is 21.3 Å². The summed E-state index contributed by atoms with van der Waals surface area (Å²) in [6, 6.07) is 3.44. The fourth-order valence-electron chi connectivity index (χ4n) is 2.32. The SMILES string of the molecule is CCCC1CC(=O)N(CC(=O)c2ccc(Cl)s2)C1. The van der Waals surface area contributed by atoms with Gasteiger partial charge < -0.3 is 4.90 Å². The first kappa shape index (κ1) is 13.6. The first-order valence-corrected chi connectivity index (χ1v) is 7.36. The Morgan fingerprint density at radius 1 is 1.56 bits per heavy atom. The fraction of sp³-hybridized carbons (Fsp3) is 0.538. The van der Waals surface area contributed by atoms with Crippen LogP contribution in [0.4, 0.5) is 0 Å². The lowest BCUT2D eigenvalue weighted by atomic mass is 10.0. The van der Waals surface area contributed by atoms with Crippen molar-refractivity contribution in [2.45, 2.75) is 26.2 Å². The number of hydrogen-bond donors (Lipinski definition) is 0. The second-order valence-electron chi connectivity index (χ2n) is 4.66. The maximum atomic E-state index is 12.0. The van der Waals surface area contributed by atoms with E-state index < -0.39 is 0 Å². The van der Waals surface area contributed by atoms with Crippen molar-refractivity contribution >= 4 is 34.6 Å². The molecule has 1 aromatic rings. The van der Waals surface area contributed by atoms with Gasteiger partial charge >= 0.3 is 0 Å². The molecule has 1 atom stereocenters. The largest absolute Gasteiger partial charge is 0.335 e. The van der Waals surface area contributed by atoms with Crippen LogP contribution in [-0.4, -0.2) is 29.7 Å². The minimum absolute atomic E-state index is 0.0163. The average molecular weight is 286 g/mol. The number of carbonyl (C=O) groups excluding carboxylic acids is 2. The third-order valence-corrected chi connectivity index (χ3v) is 4.45. The van der Waals surface area contributed by atoms with Gasteiger partial charge in [-0.2, -0.15) is 0 Å². The van der Waals surface area contributed by atoms with Gasteiger partial charge in [0.2, 0.25) is 5.91 Å². The number of likely N-dealkylation sites (tertiary alicyclic amines) is 1. The monoisotopic (exact) mass is 285 g/mol. The van der Waals surface area contributed by atoms with E-state index in [-0.39, 0.29) is 18.2 Å². The van der Waals surface area contributed by atoms with Crippen LogP contribution in [0.1, 0.15) is 35.9 Å². The number of hydrogen-bond acceptors (Lipinski definition) is 3. The van der Waals surface area contributed by atoms with Crippen LogP contribution in [0.3, 0.4) is 0 Å². The molecule has 0 aromatic carbocycles. The average Bonchev–Trinajstić information content (AvgIpc) is 2.87. The number of carbonyl (C=O) groups is 2. The minimum atomic E-state index is -0.0163. The Kier molecular flexibility index (Phi) is 4.40. The van der Waals surface area contributed by atoms with E-state index >= 15 is 0 Å². The van der Waals surface area contributed by atoms with Crippen molar-refractivity contribution in [1.82, 2.24) is 4.90 Å². The van der Waals surface area contributed by atoms with Crippen LogP contribution in [-0.2, 0) is 4.79 Å². The molecule has 1 aliphatic rings. The van der Waals surface area contributed by atoms with Crippen LogP contribution in [0, 0.1) is 5.92 Å². The summed E-state index contributed by atoms with van der Waals surface area (Å²) < 4.78 is 0.606. The molecule has 1 aromatic heterocycles. The summed E-state index contributed by atoms with van der Waals surface area (Å²) in [5.74, 6) is 0.504. The van der Waals surface area contributed by atoms with Gasteiger partial charge in [-0.05, 0) is 24.5 Å². The lowest BCUT2D eigenvalue weighted by Crippen LogP contribution is -2.31. The van der Waals surface area contributed by atoms with Crippen LogP contribution in [0.25, 0.3) is 0 Å². The zero-order chi connectivity index (χ0) is 13.1. The number of thiophene rings is 1. The molecule has 0 saturated carbocycles. The van der Waals surface area contributed by atoms with E-state index in [4.69, 9.17) is 11.6 Å². The van der Waals surface area contributed by atoms with Crippen molar-refractivity contribution in [1.29, 1.82) is 0 Å². The van der Waals surface area contributed by atoms with Gasteiger partial charge in [0.15, 0.2) is 5.78 Å². The van der Waals surface area contributed by atoms with Crippen molar-refractivity contribution in [2.75, 3.05) is 13.1 Å². The molecule has 2 heterocycles. The predicted octanol–water partition coefficient (Wildman–Crippen LogP) is 3.23. The van der Waals surface area contributed by atoms with Crippen molar-refractivity contribution in [2.24, 2.45) is 5.92 Å². The van der Waals surface area contributed by atoms with E-state index in [2.05, 4.69) is 6.92 Å². The molecule has 1 saturated heterocycles. The Morgan fingerprint density at radius 3 is 2.94 bits per heavy atom. The lowest BCUT2D eigenvalue weighted by molar-refractivity contribution is -0.127. The molecule has 3 nitrogen and oxygen atoms in total. The van der Waals surface area contributed by atoms with E-state index in [1.807, 2.05) is 0 Å². The zero-order valence-electron chi connectivity index (χ0n) is 10.3. The van der Waals surface area contributed by atoms with Gasteiger partial charge in [0.25, 0.3) is 0 Å². The van der Waals surface area contributed by atoms with Crippen molar-refractivity contribution in [3.8, 4) is 0 Å². The number of halogens is 1. The van der Waals surface area contributed by atoms with Gasteiger partial charge in [-0.25, -0.2) is 0 Å². The van der Waals surface area contributed by atoms with Gasteiger partial charge in [0, 0.05) is 13.0 Å². The molecule has 0 aliphatic carbocycles. The third-order valence-electron chi connectivity index (χ3n) is 3.17. The van der Waals surface area contributed by atoms with Crippen LogP contribution >= 0.6 is 22.9 Å². The Hall–Kier alpha value is -0.870. The number of ketones is 1. The van der Waals surface area contributed by atoms with Crippen molar-refractivity contribution < 1.29 is 9.59 Å². The molecule has 2 rings (SSSR count). The van der Waals surface area contributed by atoms with E-state index in [0.717, 1.165) is 19.4 Å². The molecule has 1 fully saturated rings. The van der Waals surface area contributed by atoms with Gasteiger partial charge in [-0.1, -0.05) is 24.9 Å². The first-order chi connectivity index (χ1) is 8.60. The number of nitrogens with zero attached hydrogens (tertiary/aromatic N) is 1. The number of rotatable bonds is 5. The van der Waals surface area contributed by atoms with Gasteiger partial charge in [-0.3, -0.25) is 9.59 Å². The van der Waals surface area contributed by atoms with Crippen molar-refractivity contribution in [3.63, 3.8) is 0 Å². The maximum Gasteiger partial charge on any atom is 0.223 e. The van der Waals surface area contributed by atoms with Gasteiger partial charge in [0.1, 0.15) is 0 Å². The van der Waals surface area contributed by atoms with Crippen LogP contribution in [0.2, 0.25) is 4.34 Å². The third kappa shape index (κ3) is 3.12. The molecule has 0 N–H and O–H groups in total. The second kappa shape index (κ2) is 5.85. The summed E-state index contributed by atoms with van der Waals surface area (Å²) >= 11 is 7.07. The highest BCUT2D eigenvalue weighted by Crippen LogP contribution is 2.25. The molecule has 0 radical (unpaired) electrons. The molecular formula is C13H16ClNO2S. The summed E-state index contributed by atoms with van der Waals surface area (Å²) in [5.41, 5.74) is 0. The van der Waals surface area contributed by atoms with E-state index in [1.165, 1.54) is 11.3 Å². The molecule has 0 spiro atoms. The topological polar surface area (TPSA) is 37.4 Å². The quantitative estimate of drug-likeness (QED) is 0.779. The first-order valence-electron chi connectivity index (χ1n) is 6.16. The highest BCUT2D eigenvalue weighted by molar-refractivity contribution is 7.18. The standard InChI is InChI=1S/C13H16ClNO2S/c1-2-3-9-6-13(17)15(7-9)8-10(16)11-4-5-12(14)18-11/h4-5,9H,2-3,6-8H2,1H3. The molecule has 98 valence electrons. The highest BCUT2D eigenvalue weighted by Gasteiger charge is 2.30. The molecule has 5 heteroatoms. The number of Topliss-reactive ketones (excluding diaryl/α,β-unsaturated/α-hetero) is 1. The second-order valence-corrected chi connectivity index (χ2v) is 6.38. The summed E-state index contributed by atoms with van der Waals surface area (Å²) in [5, 5.41) is 0. The zero-order valence-corrected chi connectivity index (χ0v) is 11.9. The normalized spacial score (nSPS) is 19.6. The molecule has 1 unspecified atom stereocenters. The smallest absolute Gasteiger partial charge is 0.223 e. The summed E-state index contributed by atoms with van der Waals surface area (Å²) in [6.45, 7) is 3.03. The Balaban J connectivity index is 1.94. The van der Waals surface area contributed by atoms with E-state index in [1.54, 1.807) is 17.0 Å². The molecule has 1 amide bonds. The Morgan fingerprint density at radius 2 is 2.33 bits per heavy atom. The van der Waals surface area contributed by atoms with E-state index in [9.17, 15) is 9.59 Å². The minimum Gasteiger partial charge on any atom is -0.335 e. The van der Waals surface area contributed by atoms with Crippen LogP contribution in [0.15, 0.2) is 12.1 Å². The Bertz CT molecular complexity index is 458. The molecule has 1 aliphatic heterocycles. The van der Waals surface area contributed by atoms with Crippen LogP contribution in [0.5, 0.6) is 0 Å². The Labute approximate surface area is 116 Å². The van der Waals surface area contributed by atoms with Gasteiger partial charge in [-0.15, -0.1) is 11.3 Å². The molecular weight excluding hydrogens is 270 g/mol. The summed E-state index contributed by atoms with van der Waals surface area (Å²) in [6.07, 6.45) is 2.73. The summed E-state index contributed by atoms with van der Waals surface area (Å²) in [4.78, 5) is 26.1. The molecule has 18 heavy (non-hydrogen) atoms. The van der Waals surface area contributed by atoms with Crippen LogP contribution < -0.4 is 0 Å². The summed E-state index contributed by atoms with van der Waals surface area (Å²) in [7, 11) is 0. The van der Waals surface area contributed by atoms with E-state index in [0.29, 0.717) is 21.6 Å². The highest BCUT2D eigenvalue weighted by atomic mass is 35.5. The van der Waals surface area contributed by atoms with Gasteiger partial charge in [0.05, 0.1) is 15.8 Å². The fourth-order valence-corrected chi connectivity index (χ4v) is 3.30. The maximum absolute atomic E-state index is 12.0. The molecule has 0 bridgehead atoms. The number of amides is 1. The predicted molar refractivity (Wildman–Crippen MR) is 73.3 cm³/mol.